The molecule has 3 amide bonds. The number of amides is 3. The molecule has 1 aromatic rings. The van der Waals surface area contributed by atoms with Crippen molar-refractivity contribution in [3.05, 3.63) is 18.2 Å². The van der Waals surface area contributed by atoms with Gasteiger partial charge in [-0.1, -0.05) is 0 Å². The zero-order valence-electron chi connectivity index (χ0n) is 16.8. The summed E-state index contributed by atoms with van der Waals surface area (Å²) in [4.78, 5) is 54.8. The highest BCUT2D eigenvalue weighted by Gasteiger charge is 2.31. The lowest BCUT2D eigenvalue weighted by Crippen LogP contribution is -2.58. The van der Waals surface area contributed by atoms with Crippen molar-refractivity contribution in [2.45, 2.75) is 63.6 Å². The van der Waals surface area contributed by atoms with Crippen molar-refractivity contribution in [1.29, 1.82) is 0 Å². The molecule has 13 nitrogen and oxygen atoms in total. The van der Waals surface area contributed by atoms with Gasteiger partial charge in [-0.15, -0.1) is 0 Å². The third-order valence-electron chi connectivity index (χ3n) is 4.23. The number of hydrogen-bond donors (Lipinski definition) is 8. The van der Waals surface area contributed by atoms with Crippen molar-refractivity contribution in [2.75, 3.05) is 0 Å². The molecule has 1 rings (SSSR count). The van der Waals surface area contributed by atoms with E-state index in [9.17, 15) is 29.4 Å². The van der Waals surface area contributed by atoms with Gasteiger partial charge in [-0.25, -0.2) is 9.78 Å². The van der Waals surface area contributed by atoms with E-state index in [-0.39, 0.29) is 6.42 Å². The molecule has 6 atom stereocenters. The summed E-state index contributed by atoms with van der Waals surface area (Å²) in [5, 5.41) is 35.0. The topological polar surface area (TPSA) is 220 Å². The molecule has 0 fully saturated rings. The zero-order chi connectivity index (χ0) is 23.0. The number of carbonyl (C=O) groups is 4. The molecule has 0 aliphatic carbocycles. The van der Waals surface area contributed by atoms with Crippen LogP contribution in [0.5, 0.6) is 0 Å². The fraction of sp³-hybridized carbons (Fsp3) is 0.588. The van der Waals surface area contributed by atoms with Gasteiger partial charge in [0.05, 0.1) is 18.5 Å². The highest BCUT2D eigenvalue weighted by molar-refractivity contribution is 5.94. The number of H-pyrrole nitrogens is 1. The van der Waals surface area contributed by atoms with Crippen LogP contribution in [0, 0.1) is 0 Å². The first-order valence-electron chi connectivity index (χ1n) is 9.16. The molecule has 9 N–H and O–H groups in total. The van der Waals surface area contributed by atoms with Crippen LogP contribution in [0.25, 0.3) is 0 Å². The number of aromatic amines is 1. The molecule has 168 valence electrons. The van der Waals surface area contributed by atoms with Crippen LogP contribution in [0.3, 0.4) is 0 Å². The maximum absolute atomic E-state index is 12.6. The Balaban J connectivity index is 2.89. The minimum absolute atomic E-state index is 0.0580. The minimum atomic E-state index is -1.58. The third kappa shape index (κ3) is 7.42. The summed E-state index contributed by atoms with van der Waals surface area (Å²) in [5.74, 6) is -3.81. The van der Waals surface area contributed by atoms with Gasteiger partial charge in [0.2, 0.25) is 17.7 Å². The molecule has 0 aliphatic rings. The van der Waals surface area contributed by atoms with Gasteiger partial charge in [0.25, 0.3) is 0 Å². The Morgan fingerprint density at radius 2 is 1.67 bits per heavy atom. The van der Waals surface area contributed by atoms with Crippen LogP contribution in [0.4, 0.5) is 0 Å². The van der Waals surface area contributed by atoms with Gasteiger partial charge in [-0.05, 0) is 20.8 Å². The van der Waals surface area contributed by atoms with Gasteiger partial charge in [0, 0.05) is 18.3 Å². The average molecular weight is 428 g/mol. The summed E-state index contributed by atoms with van der Waals surface area (Å²) in [6.07, 6.45) is 0.213. The Morgan fingerprint density at radius 1 is 1.03 bits per heavy atom. The van der Waals surface area contributed by atoms with Crippen LogP contribution in [0.2, 0.25) is 0 Å². The predicted molar refractivity (Wildman–Crippen MR) is 103 cm³/mol. The van der Waals surface area contributed by atoms with E-state index in [1.165, 1.54) is 33.3 Å². The van der Waals surface area contributed by atoms with Crippen molar-refractivity contribution in [3.8, 4) is 0 Å². The molecule has 30 heavy (non-hydrogen) atoms. The Morgan fingerprint density at radius 3 is 2.13 bits per heavy atom. The van der Waals surface area contributed by atoms with Crippen molar-refractivity contribution in [3.63, 3.8) is 0 Å². The molecule has 0 aliphatic heterocycles. The van der Waals surface area contributed by atoms with E-state index in [2.05, 4.69) is 25.9 Å². The van der Waals surface area contributed by atoms with Crippen molar-refractivity contribution < 1.29 is 34.5 Å². The van der Waals surface area contributed by atoms with E-state index < -0.39 is 60.1 Å². The van der Waals surface area contributed by atoms with Gasteiger partial charge >= 0.3 is 5.97 Å². The standard InChI is InChI=1S/C17H28N6O7/c1-7(21-16(28)12(18)8(2)24)14(26)22-11(4-10-5-19-6-20-10)15(27)23-13(9(3)25)17(29)30/h5-9,11-13,24-25H,4,18H2,1-3H3,(H,19,20)(H,21,28)(H,22,26)(H,23,27)(H,29,30). The van der Waals surface area contributed by atoms with E-state index >= 15 is 0 Å². The van der Waals surface area contributed by atoms with Crippen molar-refractivity contribution >= 4 is 23.7 Å². The Hall–Kier alpha value is -3.03. The smallest absolute Gasteiger partial charge is 0.328 e. The maximum Gasteiger partial charge on any atom is 0.328 e. The highest BCUT2D eigenvalue weighted by atomic mass is 16.4. The van der Waals surface area contributed by atoms with Crippen molar-refractivity contribution in [2.24, 2.45) is 5.73 Å². The van der Waals surface area contributed by atoms with E-state index in [1.54, 1.807) is 0 Å². The third-order valence-corrected chi connectivity index (χ3v) is 4.23. The Bertz CT molecular complexity index is 737. The average Bonchev–Trinajstić information content (AvgIpc) is 3.16. The molecule has 0 saturated carbocycles. The Kier molecular flexibility index (Phi) is 9.36. The molecule has 0 aromatic carbocycles. The van der Waals surface area contributed by atoms with Gasteiger partial charge in [0.15, 0.2) is 6.04 Å². The molecule has 13 heteroatoms. The number of aromatic nitrogens is 2. The molecule has 1 heterocycles. The summed E-state index contributed by atoms with van der Waals surface area (Å²) in [7, 11) is 0. The molecule has 0 radical (unpaired) electrons. The molecular weight excluding hydrogens is 400 g/mol. The number of nitrogens with one attached hydrogen (secondary N) is 4. The second-order valence-electron chi connectivity index (χ2n) is 6.90. The Labute approximate surface area is 172 Å². The van der Waals surface area contributed by atoms with E-state index in [1.807, 2.05) is 0 Å². The minimum Gasteiger partial charge on any atom is -0.480 e. The summed E-state index contributed by atoms with van der Waals surface area (Å²) in [5.41, 5.74) is 5.99. The molecule has 0 bridgehead atoms. The predicted octanol–water partition coefficient (Wildman–Crippen LogP) is -3.40. The number of nitrogens with zero attached hydrogens (tertiary/aromatic N) is 1. The number of aliphatic hydroxyl groups is 2. The number of carboxylic acids is 1. The van der Waals surface area contributed by atoms with Crippen LogP contribution in [-0.4, -0.2) is 85.4 Å². The quantitative estimate of drug-likeness (QED) is 0.176. The van der Waals surface area contributed by atoms with E-state index in [4.69, 9.17) is 10.8 Å². The highest BCUT2D eigenvalue weighted by Crippen LogP contribution is 2.02. The molecule has 1 aromatic heterocycles. The number of aliphatic hydroxyl groups excluding tert-OH is 2. The number of imidazole rings is 1. The second kappa shape index (κ2) is 11.2. The molecule has 6 unspecified atom stereocenters. The monoisotopic (exact) mass is 428 g/mol. The summed E-state index contributed by atoms with van der Waals surface area (Å²) in [6.45, 7) is 3.87. The van der Waals surface area contributed by atoms with Gasteiger partial charge in [-0.2, -0.15) is 0 Å². The lowest BCUT2D eigenvalue weighted by molar-refractivity contribution is -0.145. The molecule has 0 spiro atoms. The SMILES string of the molecule is CC(NC(=O)C(N)C(C)O)C(=O)NC(Cc1cnc[nH]1)C(=O)NC(C(=O)O)C(C)O. The first-order chi connectivity index (χ1) is 13.9. The summed E-state index contributed by atoms with van der Waals surface area (Å²) >= 11 is 0. The first-order valence-corrected chi connectivity index (χ1v) is 9.16. The number of hydrogen-bond acceptors (Lipinski definition) is 8. The molecule has 0 saturated heterocycles. The normalized spacial score (nSPS) is 17.0. The largest absolute Gasteiger partial charge is 0.480 e. The van der Waals surface area contributed by atoms with Crippen LogP contribution < -0.4 is 21.7 Å². The van der Waals surface area contributed by atoms with Gasteiger partial charge in [-0.3, -0.25) is 14.4 Å². The number of nitrogens with two attached hydrogens (primary N) is 1. The maximum atomic E-state index is 12.6. The van der Waals surface area contributed by atoms with Crippen LogP contribution in [0.15, 0.2) is 12.5 Å². The van der Waals surface area contributed by atoms with Crippen LogP contribution >= 0.6 is 0 Å². The fourth-order valence-corrected chi connectivity index (χ4v) is 2.36. The van der Waals surface area contributed by atoms with Crippen LogP contribution in [-0.2, 0) is 25.6 Å². The summed E-state index contributed by atoms with van der Waals surface area (Å²) < 4.78 is 0. The number of rotatable bonds is 11. The first kappa shape index (κ1) is 25.0. The zero-order valence-corrected chi connectivity index (χ0v) is 16.8. The molecular formula is C17H28N6O7. The number of carbonyl (C=O) groups excluding carboxylic acids is 3. The van der Waals surface area contributed by atoms with Gasteiger partial charge in [0.1, 0.15) is 18.1 Å². The van der Waals surface area contributed by atoms with E-state index in [0.29, 0.717) is 5.69 Å². The second-order valence-corrected chi connectivity index (χ2v) is 6.90. The van der Waals surface area contributed by atoms with Gasteiger partial charge < -0.3 is 42.0 Å². The lowest BCUT2D eigenvalue weighted by atomic mass is 10.1. The fourth-order valence-electron chi connectivity index (χ4n) is 2.36. The van der Waals surface area contributed by atoms with E-state index in [0.717, 1.165) is 0 Å². The number of carboxylic acid groups (broad SMARTS) is 1. The summed E-state index contributed by atoms with van der Waals surface area (Å²) in [6, 6.07) is -5.17. The van der Waals surface area contributed by atoms with Crippen LogP contribution in [0.1, 0.15) is 26.5 Å². The number of aliphatic carboxylic acids is 1. The lowest BCUT2D eigenvalue weighted by Gasteiger charge is -2.24. The van der Waals surface area contributed by atoms with Crippen molar-refractivity contribution in [1.82, 2.24) is 25.9 Å².